The van der Waals surface area contributed by atoms with Gasteiger partial charge in [-0.3, -0.25) is 0 Å². The summed E-state index contributed by atoms with van der Waals surface area (Å²) in [6.07, 6.45) is 10.4. The van der Waals surface area contributed by atoms with Crippen LogP contribution in [0.25, 0.3) is 0 Å². The summed E-state index contributed by atoms with van der Waals surface area (Å²) in [5.41, 5.74) is 6.90. The zero-order chi connectivity index (χ0) is 10.2. The van der Waals surface area contributed by atoms with E-state index in [0.717, 1.165) is 18.5 Å². The molecule has 0 aliphatic heterocycles. The molecule has 0 amide bonds. The zero-order valence-electron chi connectivity index (χ0n) is 8.77. The maximum absolute atomic E-state index is 6.09. The van der Waals surface area contributed by atoms with Gasteiger partial charge in [-0.25, -0.2) is 4.98 Å². The van der Waals surface area contributed by atoms with Crippen molar-refractivity contribution in [3.05, 3.63) is 30.4 Å². The highest BCUT2D eigenvalue weighted by Crippen LogP contribution is 2.28. The molecular formula is C11H17N3. The quantitative estimate of drug-likeness (QED) is 0.726. The first-order valence-electron chi connectivity index (χ1n) is 5.05. The van der Waals surface area contributed by atoms with Crippen molar-refractivity contribution in [2.24, 2.45) is 5.73 Å². The number of nitrogens with two attached hydrogens (primary N) is 1. The van der Waals surface area contributed by atoms with E-state index in [-0.39, 0.29) is 5.54 Å². The summed E-state index contributed by atoms with van der Waals surface area (Å²) in [5.74, 6) is 0. The van der Waals surface area contributed by atoms with Gasteiger partial charge in [0.05, 0.1) is 17.6 Å². The maximum atomic E-state index is 6.09. The van der Waals surface area contributed by atoms with Crippen LogP contribution in [-0.2, 0) is 5.54 Å². The van der Waals surface area contributed by atoms with Crippen LogP contribution in [0.1, 0.15) is 38.4 Å². The Kier molecular flexibility index (Phi) is 2.19. The Labute approximate surface area is 84.6 Å². The van der Waals surface area contributed by atoms with E-state index in [1.165, 1.54) is 0 Å². The van der Waals surface area contributed by atoms with Crippen molar-refractivity contribution in [1.29, 1.82) is 0 Å². The molecule has 0 bridgehead atoms. The molecule has 1 aromatic heterocycles. The SMILES string of the molecule is CC(C)(N)c1cncn1C1CC=CC1. The van der Waals surface area contributed by atoms with E-state index in [1.54, 1.807) is 0 Å². The van der Waals surface area contributed by atoms with E-state index in [4.69, 9.17) is 5.73 Å². The first-order chi connectivity index (χ1) is 6.59. The third kappa shape index (κ3) is 1.60. The van der Waals surface area contributed by atoms with Gasteiger partial charge in [-0.05, 0) is 26.7 Å². The molecule has 0 spiro atoms. The van der Waals surface area contributed by atoms with Crippen LogP contribution in [0.15, 0.2) is 24.7 Å². The first-order valence-corrected chi connectivity index (χ1v) is 5.05. The molecule has 2 rings (SSSR count). The van der Waals surface area contributed by atoms with Gasteiger partial charge in [0.1, 0.15) is 0 Å². The summed E-state index contributed by atoms with van der Waals surface area (Å²) in [7, 11) is 0. The molecular weight excluding hydrogens is 174 g/mol. The molecule has 76 valence electrons. The second kappa shape index (κ2) is 3.24. The number of nitrogens with zero attached hydrogens (tertiary/aromatic N) is 2. The second-order valence-corrected chi connectivity index (χ2v) is 4.50. The van der Waals surface area contributed by atoms with Crippen LogP contribution in [0.2, 0.25) is 0 Å². The van der Waals surface area contributed by atoms with Gasteiger partial charge in [-0.2, -0.15) is 0 Å². The standard InChI is InChI=1S/C11H17N3/c1-11(2,12)10-7-13-8-14(10)9-5-3-4-6-9/h3-4,7-9H,5-6,12H2,1-2H3. The van der Waals surface area contributed by atoms with E-state index in [1.807, 2.05) is 26.4 Å². The third-order valence-corrected chi connectivity index (χ3v) is 2.70. The molecule has 14 heavy (non-hydrogen) atoms. The summed E-state index contributed by atoms with van der Waals surface area (Å²) in [5, 5.41) is 0. The Morgan fingerprint density at radius 2 is 2.07 bits per heavy atom. The van der Waals surface area contributed by atoms with Gasteiger partial charge in [0.25, 0.3) is 0 Å². The van der Waals surface area contributed by atoms with Crippen LogP contribution in [0.4, 0.5) is 0 Å². The highest BCUT2D eigenvalue weighted by atomic mass is 15.1. The molecule has 0 fully saturated rings. The predicted octanol–water partition coefficient (Wildman–Crippen LogP) is 1.97. The van der Waals surface area contributed by atoms with Gasteiger partial charge in [-0.1, -0.05) is 12.2 Å². The molecule has 1 aliphatic carbocycles. The smallest absolute Gasteiger partial charge is 0.0951 e. The molecule has 3 heteroatoms. The molecule has 1 aromatic rings. The molecule has 0 unspecified atom stereocenters. The van der Waals surface area contributed by atoms with Crippen molar-refractivity contribution < 1.29 is 0 Å². The van der Waals surface area contributed by atoms with Crippen molar-refractivity contribution in [3.63, 3.8) is 0 Å². The number of allylic oxidation sites excluding steroid dienone is 2. The number of hydrogen-bond donors (Lipinski definition) is 1. The molecule has 0 saturated heterocycles. The van der Waals surface area contributed by atoms with Gasteiger partial charge in [0.2, 0.25) is 0 Å². The fourth-order valence-corrected chi connectivity index (χ4v) is 1.92. The number of hydrogen-bond acceptors (Lipinski definition) is 2. The minimum atomic E-state index is -0.306. The average Bonchev–Trinajstić information content (AvgIpc) is 2.73. The molecule has 1 heterocycles. The lowest BCUT2D eigenvalue weighted by Gasteiger charge is -2.24. The summed E-state index contributed by atoms with van der Waals surface area (Å²) >= 11 is 0. The molecule has 1 aliphatic rings. The fraction of sp³-hybridized carbons (Fsp3) is 0.545. The minimum Gasteiger partial charge on any atom is -0.329 e. The summed E-state index contributed by atoms with van der Waals surface area (Å²) < 4.78 is 2.21. The normalized spacial score (nSPS) is 17.9. The van der Waals surface area contributed by atoms with Crippen LogP contribution >= 0.6 is 0 Å². The topological polar surface area (TPSA) is 43.8 Å². The van der Waals surface area contributed by atoms with Gasteiger partial charge in [0, 0.05) is 12.2 Å². The third-order valence-electron chi connectivity index (χ3n) is 2.70. The van der Waals surface area contributed by atoms with E-state index >= 15 is 0 Å². The molecule has 0 saturated carbocycles. The Hall–Kier alpha value is -1.09. The Bertz CT molecular complexity index is 336. The number of aromatic nitrogens is 2. The maximum Gasteiger partial charge on any atom is 0.0951 e. The van der Waals surface area contributed by atoms with Crippen molar-refractivity contribution in [3.8, 4) is 0 Å². The van der Waals surface area contributed by atoms with Crippen LogP contribution in [0.3, 0.4) is 0 Å². The van der Waals surface area contributed by atoms with Crippen LogP contribution in [-0.4, -0.2) is 9.55 Å². The number of imidazole rings is 1. The number of rotatable bonds is 2. The van der Waals surface area contributed by atoms with Crippen LogP contribution < -0.4 is 5.73 Å². The second-order valence-electron chi connectivity index (χ2n) is 4.50. The summed E-state index contributed by atoms with van der Waals surface area (Å²) in [6.45, 7) is 4.03. The van der Waals surface area contributed by atoms with Gasteiger partial charge >= 0.3 is 0 Å². The predicted molar refractivity (Wildman–Crippen MR) is 56.9 cm³/mol. The highest BCUT2D eigenvalue weighted by Gasteiger charge is 2.23. The molecule has 3 nitrogen and oxygen atoms in total. The van der Waals surface area contributed by atoms with E-state index < -0.39 is 0 Å². The highest BCUT2D eigenvalue weighted by molar-refractivity contribution is 5.13. The lowest BCUT2D eigenvalue weighted by atomic mass is 10.0. The Morgan fingerprint density at radius 3 is 2.64 bits per heavy atom. The largest absolute Gasteiger partial charge is 0.329 e. The molecule has 2 N–H and O–H groups in total. The molecule has 0 atom stereocenters. The minimum absolute atomic E-state index is 0.306. The Morgan fingerprint density at radius 1 is 1.43 bits per heavy atom. The van der Waals surface area contributed by atoms with Crippen molar-refractivity contribution in [2.75, 3.05) is 0 Å². The van der Waals surface area contributed by atoms with Gasteiger partial charge in [-0.15, -0.1) is 0 Å². The fourth-order valence-electron chi connectivity index (χ4n) is 1.92. The monoisotopic (exact) mass is 191 g/mol. The van der Waals surface area contributed by atoms with Gasteiger partial charge in [0.15, 0.2) is 0 Å². The lowest BCUT2D eigenvalue weighted by molar-refractivity contribution is 0.443. The zero-order valence-corrected chi connectivity index (χ0v) is 8.77. The first kappa shape index (κ1) is 9.46. The van der Waals surface area contributed by atoms with Crippen LogP contribution in [0, 0.1) is 0 Å². The van der Waals surface area contributed by atoms with E-state index in [2.05, 4.69) is 21.7 Å². The Balaban J connectivity index is 2.30. The summed E-state index contributed by atoms with van der Waals surface area (Å²) in [6, 6.07) is 0.523. The molecule has 0 radical (unpaired) electrons. The van der Waals surface area contributed by atoms with Gasteiger partial charge < -0.3 is 10.3 Å². The average molecular weight is 191 g/mol. The van der Waals surface area contributed by atoms with Crippen molar-refractivity contribution >= 4 is 0 Å². The van der Waals surface area contributed by atoms with Crippen molar-refractivity contribution in [2.45, 2.75) is 38.3 Å². The lowest BCUT2D eigenvalue weighted by Crippen LogP contribution is -2.32. The van der Waals surface area contributed by atoms with E-state index in [9.17, 15) is 0 Å². The van der Waals surface area contributed by atoms with Crippen LogP contribution in [0.5, 0.6) is 0 Å². The van der Waals surface area contributed by atoms with Crippen molar-refractivity contribution in [1.82, 2.24) is 9.55 Å². The molecule has 0 aromatic carbocycles. The van der Waals surface area contributed by atoms with E-state index in [0.29, 0.717) is 6.04 Å². The summed E-state index contributed by atoms with van der Waals surface area (Å²) in [4.78, 5) is 4.19.